The van der Waals surface area contributed by atoms with Crippen molar-refractivity contribution in [2.75, 3.05) is 39.9 Å². The predicted molar refractivity (Wildman–Crippen MR) is 111 cm³/mol. The smallest absolute Gasteiger partial charge is 0.118 e. The molecule has 1 aliphatic rings. The molecule has 1 heterocycles. The highest BCUT2D eigenvalue weighted by atomic mass is 35.5. The van der Waals surface area contributed by atoms with Crippen LogP contribution < -0.4 is 10.1 Å². The molecule has 0 aliphatic carbocycles. The fourth-order valence-electron chi connectivity index (χ4n) is 3.25. The highest BCUT2D eigenvalue weighted by Gasteiger charge is 2.21. The van der Waals surface area contributed by atoms with Crippen molar-refractivity contribution < 1.29 is 9.47 Å². The number of halogens is 2. The van der Waals surface area contributed by atoms with Gasteiger partial charge in [-0.05, 0) is 42.3 Å². The highest BCUT2D eigenvalue weighted by molar-refractivity contribution is 6.42. The van der Waals surface area contributed by atoms with Crippen molar-refractivity contribution >= 4 is 23.2 Å². The minimum atomic E-state index is 0.188. The van der Waals surface area contributed by atoms with Gasteiger partial charge < -0.3 is 14.8 Å². The summed E-state index contributed by atoms with van der Waals surface area (Å²) in [6.07, 6.45) is 1.17. The van der Waals surface area contributed by atoms with Crippen molar-refractivity contribution in [1.82, 2.24) is 10.2 Å². The Kier molecular flexibility index (Phi) is 7.80. The lowest BCUT2D eigenvalue weighted by atomic mass is 10.1. The number of hydrogen-bond acceptors (Lipinski definition) is 4. The van der Waals surface area contributed by atoms with E-state index in [2.05, 4.69) is 22.3 Å². The summed E-state index contributed by atoms with van der Waals surface area (Å²) in [5, 5.41) is 4.77. The largest absolute Gasteiger partial charge is 0.497 e. The standard InChI is InChI=1S/C21H26Cl2N2O2/c1-26-18-7-5-16(6-8-18)9-10-24-13-19-15-25(11-12-27-19)14-17-3-2-4-20(22)21(17)23/h2-8,19,24H,9-15H2,1H3. The van der Waals surface area contributed by atoms with Crippen molar-refractivity contribution in [3.05, 3.63) is 63.6 Å². The minimum Gasteiger partial charge on any atom is -0.497 e. The van der Waals surface area contributed by atoms with E-state index in [1.54, 1.807) is 7.11 Å². The summed E-state index contributed by atoms with van der Waals surface area (Å²) in [5.74, 6) is 0.891. The maximum atomic E-state index is 6.32. The van der Waals surface area contributed by atoms with Crippen molar-refractivity contribution in [2.45, 2.75) is 19.1 Å². The molecule has 6 heteroatoms. The van der Waals surface area contributed by atoms with Crippen molar-refractivity contribution in [3.63, 3.8) is 0 Å². The van der Waals surface area contributed by atoms with Gasteiger partial charge in [0, 0.05) is 26.2 Å². The predicted octanol–water partition coefficient (Wildman–Crippen LogP) is 4.04. The quantitative estimate of drug-likeness (QED) is 0.668. The molecule has 0 bridgehead atoms. The van der Waals surface area contributed by atoms with Crippen molar-refractivity contribution in [2.24, 2.45) is 0 Å². The number of hydrogen-bond donors (Lipinski definition) is 1. The van der Waals surface area contributed by atoms with Gasteiger partial charge >= 0.3 is 0 Å². The Morgan fingerprint density at radius 3 is 2.78 bits per heavy atom. The topological polar surface area (TPSA) is 33.7 Å². The summed E-state index contributed by atoms with van der Waals surface area (Å²) in [5.41, 5.74) is 2.36. The molecule has 27 heavy (non-hydrogen) atoms. The van der Waals surface area contributed by atoms with Crippen LogP contribution in [-0.2, 0) is 17.7 Å². The summed E-state index contributed by atoms with van der Waals surface area (Å²) in [7, 11) is 1.68. The summed E-state index contributed by atoms with van der Waals surface area (Å²) in [6, 6.07) is 14.0. The number of benzene rings is 2. The zero-order valence-electron chi connectivity index (χ0n) is 15.6. The Bertz CT molecular complexity index is 725. The summed E-state index contributed by atoms with van der Waals surface area (Å²) in [6.45, 7) is 5.10. The number of nitrogens with zero attached hydrogens (tertiary/aromatic N) is 1. The molecule has 1 atom stereocenters. The lowest BCUT2D eigenvalue weighted by molar-refractivity contribution is -0.0298. The van der Waals surface area contributed by atoms with E-state index < -0.39 is 0 Å². The molecular weight excluding hydrogens is 383 g/mol. The van der Waals surface area contributed by atoms with Crippen LogP contribution in [-0.4, -0.2) is 50.9 Å². The van der Waals surface area contributed by atoms with Crippen molar-refractivity contribution in [3.8, 4) is 5.75 Å². The monoisotopic (exact) mass is 408 g/mol. The van der Waals surface area contributed by atoms with Crippen molar-refractivity contribution in [1.29, 1.82) is 0 Å². The molecule has 146 valence electrons. The normalized spacial score (nSPS) is 17.8. The molecular formula is C21H26Cl2N2O2. The van der Waals surface area contributed by atoms with E-state index in [1.807, 2.05) is 30.3 Å². The number of morpholine rings is 1. The van der Waals surface area contributed by atoms with Gasteiger partial charge in [0.1, 0.15) is 5.75 Å². The van der Waals surface area contributed by atoms with Crippen LogP contribution in [0.1, 0.15) is 11.1 Å². The third-order valence-electron chi connectivity index (χ3n) is 4.77. The third kappa shape index (κ3) is 6.09. The molecule has 3 rings (SSSR count). The van der Waals surface area contributed by atoms with Gasteiger partial charge in [-0.1, -0.05) is 47.5 Å². The van der Waals surface area contributed by atoms with E-state index in [0.29, 0.717) is 10.0 Å². The Morgan fingerprint density at radius 2 is 2.00 bits per heavy atom. The maximum Gasteiger partial charge on any atom is 0.118 e. The highest BCUT2D eigenvalue weighted by Crippen LogP contribution is 2.26. The summed E-state index contributed by atoms with van der Waals surface area (Å²) < 4.78 is 11.1. The first kappa shape index (κ1) is 20.4. The van der Waals surface area contributed by atoms with E-state index in [9.17, 15) is 0 Å². The lowest BCUT2D eigenvalue weighted by Crippen LogP contribution is -2.46. The molecule has 1 aliphatic heterocycles. The Labute approximate surface area is 171 Å². The van der Waals surface area contributed by atoms with Crippen LogP contribution in [0.3, 0.4) is 0 Å². The van der Waals surface area contributed by atoms with Gasteiger partial charge in [-0.2, -0.15) is 0 Å². The first-order chi connectivity index (χ1) is 13.2. The van der Waals surface area contributed by atoms with Gasteiger partial charge in [-0.25, -0.2) is 0 Å². The zero-order valence-corrected chi connectivity index (χ0v) is 17.1. The lowest BCUT2D eigenvalue weighted by Gasteiger charge is -2.33. The number of rotatable bonds is 8. The third-order valence-corrected chi connectivity index (χ3v) is 5.63. The van der Waals surface area contributed by atoms with Crippen LogP contribution in [0, 0.1) is 0 Å². The van der Waals surface area contributed by atoms with Gasteiger partial charge in [-0.3, -0.25) is 4.90 Å². The fourth-order valence-corrected chi connectivity index (χ4v) is 3.63. The second-order valence-electron chi connectivity index (χ2n) is 6.74. The van der Waals surface area contributed by atoms with Crippen LogP contribution in [0.15, 0.2) is 42.5 Å². The van der Waals surface area contributed by atoms with E-state index in [0.717, 1.165) is 57.1 Å². The van der Waals surface area contributed by atoms with E-state index in [1.165, 1.54) is 5.56 Å². The fraction of sp³-hybridized carbons (Fsp3) is 0.429. The van der Waals surface area contributed by atoms with Crippen LogP contribution >= 0.6 is 23.2 Å². The van der Waals surface area contributed by atoms with E-state index >= 15 is 0 Å². The molecule has 1 unspecified atom stereocenters. The molecule has 0 radical (unpaired) electrons. The average molecular weight is 409 g/mol. The molecule has 4 nitrogen and oxygen atoms in total. The molecule has 2 aromatic carbocycles. The Balaban J connectivity index is 1.41. The Morgan fingerprint density at radius 1 is 1.19 bits per heavy atom. The molecule has 1 fully saturated rings. The summed E-state index contributed by atoms with van der Waals surface area (Å²) in [4.78, 5) is 2.37. The van der Waals surface area contributed by atoms with Gasteiger partial charge in [0.15, 0.2) is 0 Å². The van der Waals surface area contributed by atoms with E-state index in [-0.39, 0.29) is 6.10 Å². The number of nitrogens with one attached hydrogen (secondary N) is 1. The van der Waals surface area contributed by atoms with Crippen LogP contribution in [0.25, 0.3) is 0 Å². The second kappa shape index (κ2) is 10.3. The maximum absolute atomic E-state index is 6.32. The molecule has 0 amide bonds. The first-order valence-electron chi connectivity index (χ1n) is 9.26. The van der Waals surface area contributed by atoms with E-state index in [4.69, 9.17) is 32.7 Å². The SMILES string of the molecule is COc1ccc(CCNCC2CN(Cc3cccc(Cl)c3Cl)CCO2)cc1. The molecule has 1 saturated heterocycles. The van der Waals surface area contributed by atoms with Crippen LogP contribution in [0.4, 0.5) is 0 Å². The molecule has 0 spiro atoms. The second-order valence-corrected chi connectivity index (χ2v) is 7.53. The van der Waals surface area contributed by atoms with Crippen LogP contribution in [0.2, 0.25) is 10.0 Å². The zero-order chi connectivity index (χ0) is 19.1. The molecule has 0 aromatic heterocycles. The minimum absolute atomic E-state index is 0.188. The van der Waals surface area contributed by atoms with Crippen LogP contribution in [0.5, 0.6) is 5.75 Å². The number of methoxy groups -OCH3 is 1. The van der Waals surface area contributed by atoms with Gasteiger partial charge in [0.05, 0.1) is 29.9 Å². The summed E-state index contributed by atoms with van der Waals surface area (Å²) >= 11 is 12.4. The molecule has 1 N–H and O–H groups in total. The number of ether oxygens (including phenoxy) is 2. The average Bonchev–Trinajstić information content (AvgIpc) is 2.70. The van der Waals surface area contributed by atoms with Gasteiger partial charge in [-0.15, -0.1) is 0 Å². The first-order valence-corrected chi connectivity index (χ1v) is 10.0. The van der Waals surface area contributed by atoms with Gasteiger partial charge in [0.2, 0.25) is 0 Å². The molecule has 0 saturated carbocycles. The molecule has 2 aromatic rings. The van der Waals surface area contributed by atoms with Gasteiger partial charge in [0.25, 0.3) is 0 Å². The Hall–Kier alpha value is -1.30.